The fourth-order valence-electron chi connectivity index (χ4n) is 2.90. The van der Waals surface area contributed by atoms with Crippen molar-refractivity contribution in [2.45, 2.75) is 45.8 Å². The van der Waals surface area contributed by atoms with Gasteiger partial charge in [-0.15, -0.1) is 0 Å². The highest BCUT2D eigenvalue weighted by Crippen LogP contribution is 2.28. The highest BCUT2D eigenvalue weighted by molar-refractivity contribution is 5.74. The number of fused-ring (bicyclic) bond motifs is 1. The Morgan fingerprint density at radius 2 is 2.00 bits per heavy atom. The maximum Gasteiger partial charge on any atom is 0.314 e. The summed E-state index contributed by atoms with van der Waals surface area (Å²) in [6, 6.07) is 8.54. The molecule has 0 aliphatic carbocycles. The average molecular weight is 319 g/mol. The van der Waals surface area contributed by atoms with Gasteiger partial charge in [-0.05, 0) is 37.3 Å². The Labute approximate surface area is 139 Å². The third kappa shape index (κ3) is 4.86. The number of anilines is 1. The number of urea groups is 1. The summed E-state index contributed by atoms with van der Waals surface area (Å²) >= 11 is 0. The van der Waals surface area contributed by atoms with Crippen molar-refractivity contribution in [2.75, 3.05) is 24.5 Å². The lowest BCUT2D eigenvalue weighted by atomic mass is 10.0. The van der Waals surface area contributed by atoms with Crippen LogP contribution in [0.5, 0.6) is 0 Å². The summed E-state index contributed by atoms with van der Waals surface area (Å²) < 4.78 is 0. The molecular formula is C18H29N3O2. The maximum absolute atomic E-state index is 11.8. The van der Waals surface area contributed by atoms with Crippen molar-refractivity contribution in [3.63, 3.8) is 0 Å². The number of hydrogen-bond donors (Lipinski definition) is 3. The molecule has 1 aliphatic rings. The van der Waals surface area contributed by atoms with E-state index in [0.717, 1.165) is 13.0 Å². The van der Waals surface area contributed by atoms with Gasteiger partial charge in [0.15, 0.2) is 0 Å². The van der Waals surface area contributed by atoms with E-state index in [1.807, 2.05) is 13.8 Å². The molecular weight excluding hydrogens is 290 g/mol. The van der Waals surface area contributed by atoms with E-state index >= 15 is 0 Å². The van der Waals surface area contributed by atoms with E-state index in [4.69, 9.17) is 0 Å². The number of rotatable bonds is 7. The maximum atomic E-state index is 11.8. The summed E-state index contributed by atoms with van der Waals surface area (Å²) in [6.07, 6.45) is 1.29. The van der Waals surface area contributed by atoms with Gasteiger partial charge in [-0.3, -0.25) is 0 Å². The SMILES string of the molecule is CC(C)C(O)CCNC(=O)NCC(C)N1CCc2ccccc21. The van der Waals surface area contributed by atoms with Gasteiger partial charge in [-0.1, -0.05) is 32.0 Å². The summed E-state index contributed by atoms with van der Waals surface area (Å²) in [5, 5.41) is 15.4. The number of carbonyl (C=O) groups excluding carboxylic acids is 1. The van der Waals surface area contributed by atoms with Gasteiger partial charge in [-0.2, -0.15) is 0 Å². The standard InChI is InChI=1S/C18H29N3O2/c1-13(2)17(22)8-10-19-18(23)20-12-14(3)21-11-9-15-6-4-5-7-16(15)21/h4-7,13-14,17,22H,8-12H2,1-3H3,(H2,19,20,23). The van der Waals surface area contributed by atoms with Gasteiger partial charge in [-0.25, -0.2) is 4.79 Å². The first-order valence-electron chi connectivity index (χ1n) is 8.53. The summed E-state index contributed by atoms with van der Waals surface area (Å²) in [5.74, 6) is 0.218. The van der Waals surface area contributed by atoms with Gasteiger partial charge in [0, 0.05) is 31.4 Å². The van der Waals surface area contributed by atoms with Crippen LogP contribution in [0, 0.1) is 5.92 Å². The largest absolute Gasteiger partial charge is 0.393 e. The van der Waals surface area contributed by atoms with Gasteiger partial charge < -0.3 is 20.6 Å². The molecule has 0 fully saturated rings. The first-order chi connectivity index (χ1) is 11.0. The highest BCUT2D eigenvalue weighted by Gasteiger charge is 2.23. The second-order valence-corrected chi connectivity index (χ2v) is 6.66. The molecule has 128 valence electrons. The monoisotopic (exact) mass is 319 g/mol. The number of aliphatic hydroxyl groups is 1. The predicted molar refractivity (Wildman–Crippen MR) is 93.8 cm³/mol. The molecule has 2 atom stereocenters. The number of benzene rings is 1. The smallest absolute Gasteiger partial charge is 0.314 e. The molecule has 1 heterocycles. The summed E-state index contributed by atoms with van der Waals surface area (Å²) in [5.41, 5.74) is 2.66. The van der Waals surface area contributed by atoms with Crippen LogP contribution in [0.3, 0.4) is 0 Å². The van der Waals surface area contributed by atoms with Crippen molar-refractivity contribution in [2.24, 2.45) is 5.92 Å². The molecule has 3 N–H and O–H groups in total. The van der Waals surface area contributed by atoms with Crippen molar-refractivity contribution in [3.05, 3.63) is 29.8 Å². The van der Waals surface area contributed by atoms with Gasteiger partial charge in [0.2, 0.25) is 0 Å². The second kappa shape index (κ2) is 8.20. The summed E-state index contributed by atoms with van der Waals surface area (Å²) in [7, 11) is 0. The first kappa shape index (κ1) is 17.6. The Bertz CT molecular complexity index is 519. The van der Waals surface area contributed by atoms with E-state index in [1.54, 1.807) is 0 Å². The minimum atomic E-state index is -0.365. The van der Waals surface area contributed by atoms with Crippen molar-refractivity contribution in [1.29, 1.82) is 0 Å². The molecule has 5 heteroatoms. The predicted octanol–water partition coefficient (Wildman–Crippen LogP) is 2.14. The molecule has 0 aromatic heterocycles. The van der Waals surface area contributed by atoms with Crippen molar-refractivity contribution < 1.29 is 9.90 Å². The molecule has 0 bridgehead atoms. The summed E-state index contributed by atoms with van der Waals surface area (Å²) in [4.78, 5) is 14.2. The Balaban J connectivity index is 1.71. The van der Waals surface area contributed by atoms with Crippen LogP contribution in [-0.4, -0.2) is 42.9 Å². The zero-order valence-electron chi connectivity index (χ0n) is 14.4. The summed E-state index contributed by atoms with van der Waals surface area (Å²) in [6.45, 7) is 8.18. The fourth-order valence-corrected chi connectivity index (χ4v) is 2.90. The lowest BCUT2D eigenvalue weighted by Crippen LogP contribution is -2.45. The quantitative estimate of drug-likeness (QED) is 0.721. The number of amides is 2. The number of aliphatic hydroxyl groups excluding tert-OH is 1. The van der Waals surface area contributed by atoms with E-state index in [9.17, 15) is 9.90 Å². The van der Waals surface area contributed by atoms with E-state index in [0.29, 0.717) is 19.5 Å². The fraction of sp³-hybridized carbons (Fsp3) is 0.611. The molecule has 2 unspecified atom stereocenters. The molecule has 1 aromatic rings. The lowest BCUT2D eigenvalue weighted by molar-refractivity contribution is 0.116. The molecule has 0 spiro atoms. The number of para-hydroxylation sites is 1. The van der Waals surface area contributed by atoms with Crippen LogP contribution in [0.15, 0.2) is 24.3 Å². The Kier molecular flexibility index (Phi) is 6.28. The topological polar surface area (TPSA) is 64.6 Å². The number of nitrogens with one attached hydrogen (secondary N) is 2. The van der Waals surface area contributed by atoms with E-state index in [-0.39, 0.29) is 24.1 Å². The van der Waals surface area contributed by atoms with Crippen molar-refractivity contribution in [1.82, 2.24) is 10.6 Å². The normalized spacial score (nSPS) is 16.1. The molecule has 5 nitrogen and oxygen atoms in total. The number of nitrogens with zero attached hydrogens (tertiary/aromatic N) is 1. The van der Waals surface area contributed by atoms with Crippen LogP contribution in [0.4, 0.5) is 10.5 Å². The van der Waals surface area contributed by atoms with Crippen molar-refractivity contribution >= 4 is 11.7 Å². The number of hydrogen-bond acceptors (Lipinski definition) is 3. The van der Waals surface area contributed by atoms with Crippen LogP contribution in [0.2, 0.25) is 0 Å². The lowest BCUT2D eigenvalue weighted by Gasteiger charge is -2.27. The Hall–Kier alpha value is -1.75. The number of carbonyl (C=O) groups is 1. The van der Waals surface area contributed by atoms with Gasteiger partial charge in [0.25, 0.3) is 0 Å². The van der Waals surface area contributed by atoms with Crippen LogP contribution in [0.25, 0.3) is 0 Å². The van der Waals surface area contributed by atoms with E-state index in [2.05, 4.69) is 46.7 Å². The zero-order valence-corrected chi connectivity index (χ0v) is 14.4. The van der Waals surface area contributed by atoms with Crippen LogP contribution in [-0.2, 0) is 6.42 Å². The average Bonchev–Trinajstić information content (AvgIpc) is 2.96. The van der Waals surface area contributed by atoms with Crippen LogP contribution >= 0.6 is 0 Å². The Morgan fingerprint density at radius 1 is 1.26 bits per heavy atom. The zero-order chi connectivity index (χ0) is 16.8. The van der Waals surface area contributed by atoms with E-state index < -0.39 is 0 Å². The van der Waals surface area contributed by atoms with Gasteiger partial charge in [0.05, 0.1) is 6.10 Å². The molecule has 1 aliphatic heterocycles. The van der Waals surface area contributed by atoms with Crippen molar-refractivity contribution in [3.8, 4) is 0 Å². The highest BCUT2D eigenvalue weighted by atomic mass is 16.3. The van der Waals surface area contributed by atoms with Crippen LogP contribution in [0.1, 0.15) is 32.8 Å². The molecule has 1 aromatic carbocycles. The minimum absolute atomic E-state index is 0.166. The molecule has 0 saturated carbocycles. The molecule has 0 radical (unpaired) electrons. The minimum Gasteiger partial charge on any atom is -0.393 e. The van der Waals surface area contributed by atoms with Gasteiger partial charge in [0.1, 0.15) is 0 Å². The van der Waals surface area contributed by atoms with Crippen LogP contribution < -0.4 is 15.5 Å². The molecule has 2 rings (SSSR count). The van der Waals surface area contributed by atoms with Gasteiger partial charge >= 0.3 is 6.03 Å². The molecule has 0 saturated heterocycles. The van der Waals surface area contributed by atoms with E-state index in [1.165, 1.54) is 11.3 Å². The second-order valence-electron chi connectivity index (χ2n) is 6.66. The molecule has 23 heavy (non-hydrogen) atoms. The first-order valence-corrected chi connectivity index (χ1v) is 8.53. The third-order valence-corrected chi connectivity index (χ3v) is 4.51. The molecule has 2 amide bonds. The third-order valence-electron chi connectivity index (χ3n) is 4.51. The Morgan fingerprint density at radius 3 is 2.74 bits per heavy atom.